The number of carbonyl (C=O) groups is 2. The summed E-state index contributed by atoms with van der Waals surface area (Å²) in [4.78, 5) is 26.2. The highest BCUT2D eigenvalue weighted by Crippen LogP contribution is 2.22. The van der Waals surface area contributed by atoms with E-state index in [0.717, 1.165) is 22.3 Å². The first-order chi connectivity index (χ1) is 9.56. The minimum atomic E-state index is -1.07. The van der Waals surface area contributed by atoms with E-state index in [-0.39, 0.29) is 19.0 Å². The smallest absolute Gasteiger partial charge is 0.322 e. The molecule has 1 aromatic carbocycles. The molecule has 0 fully saturated rings. The van der Waals surface area contributed by atoms with Gasteiger partial charge in [-0.1, -0.05) is 18.2 Å². The Labute approximate surface area is 115 Å². The highest BCUT2D eigenvalue weighted by molar-refractivity contribution is 5.93. The molecule has 0 spiro atoms. The van der Waals surface area contributed by atoms with Gasteiger partial charge < -0.3 is 15.7 Å². The van der Waals surface area contributed by atoms with Crippen molar-refractivity contribution >= 4 is 28.5 Å². The van der Waals surface area contributed by atoms with E-state index in [1.165, 1.54) is 0 Å². The lowest BCUT2D eigenvalue weighted by Gasteiger charge is -2.10. The van der Waals surface area contributed by atoms with Crippen LogP contribution in [0.5, 0.6) is 0 Å². The molecule has 6 nitrogen and oxygen atoms in total. The standard InChI is InChI=1S/C14H15N3O3/c1-9-6-12(10-4-2-3-5-11(10)17-9)15-7-13(18)16-8-14(19)20/h2-6H,7-8H2,1H3,(H,15,17)(H,16,18)(H,19,20). The number of fused-ring (bicyclic) bond motifs is 1. The molecule has 0 radical (unpaired) electrons. The fourth-order valence-electron chi connectivity index (χ4n) is 1.87. The zero-order valence-electron chi connectivity index (χ0n) is 11.0. The Bertz CT molecular complexity index is 655. The summed E-state index contributed by atoms with van der Waals surface area (Å²) >= 11 is 0. The van der Waals surface area contributed by atoms with Gasteiger partial charge in [-0.3, -0.25) is 14.6 Å². The van der Waals surface area contributed by atoms with Crippen molar-refractivity contribution in [3.8, 4) is 0 Å². The molecule has 0 atom stereocenters. The van der Waals surface area contributed by atoms with Gasteiger partial charge in [0.2, 0.25) is 5.91 Å². The normalized spacial score (nSPS) is 10.2. The number of carboxylic acid groups (broad SMARTS) is 1. The van der Waals surface area contributed by atoms with Gasteiger partial charge in [-0.05, 0) is 19.1 Å². The molecule has 0 saturated carbocycles. The maximum Gasteiger partial charge on any atom is 0.322 e. The number of carboxylic acids is 1. The molecule has 0 aliphatic rings. The molecule has 0 saturated heterocycles. The lowest BCUT2D eigenvalue weighted by atomic mass is 10.1. The van der Waals surface area contributed by atoms with E-state index < -0.39 is 5.97 Å². The second-order valence-electron chi connectivity index (χ2n) is 4.35. The zero-order valence-corrected chi connectivity index (χ0v) is 11.0. The van der Waals surface area contributed by atoms with E-state index in [2.05, 4.69) is 15.6 Å². The fraction of sp³-hybridized carbons (Fsp3) is 0.214. The van der Waals surface area contributed by atoms with Crippen molar-refractivity contribution in [3.05, 3.63) is 36.0 Å². The van der Waals surface area contributed by atoms with Gasteiger partial charge in [-0.2, -0.15) is 0 Å². The summed E-state index contributed by atoms with van der Waals surface area (Å²) < 4.78 is 0. The van der Waals surface area contributed by atoms with Crippen molar-refractivity contribution in [2.45, 2.75) is 6.92 Å². The van der Waals surface area contributed by atoms with Crippen LogP contribution in [0.1, 0.15) is 5.69 Å². The molecule has 0 aliphatic carbocycles. The lowest BCUT2D eigenvalue weighted by molar-refractivity contribution is -0.137. The molecule has 2 rings (SSSR count). The summed E-state index contributed by atoms with van der Waals surface area (Å²) in [5.74, 6) is -1.44. The van der Waals surface area contributed by atoms with Crippen LogP contribution in [0.15, 0.2) is 30.3 Å². The number of benzene rings is 1. The van der Waals surface area contributed by atoms with Crippen molar-refractivity contribution < 1.29 is 14.7 Å². The average molecular weight is 273 g/mol. The minimum absolute atomic E-state index is 0.0146. The number of nitrogens with one attached hydrogen (secondary N) is 2. The molecule has 6 heteroatoms. The quantitative estimate of drug-likeness (QED) is 0.760. The van der Waals surface area contributed by atoms with Crippen LogP contribution in [0.25, 0.3) is 10.9 Å². The van der Waals surface area contributed by atoms with Crippen molar-refractivity contribution in [3.63, 3.8) is 0 Å². The van der Waals surface area contributed by atoms with Crippen molar-refractivity contribution in [1.29, 1.82) is 0 Å². The molecule has 104 valence electrons. The van der Waals surface area contributed by atoms with Crippen LogP contribution in [-0.4, -0.2) is 35.1 Å². The molecule has 2 aromatic rings. The summed E-state index contributed by atoms with van der Waals surface area (Å²) in [6, 6.07) is 9.47. The first-order valence-corrected chi connectivity index (χ1v) is 6.15. The second-order valence-corrected chi connectivity index (χ2v) is 4.35. The Morgan fingerprint density at radius 2 is 2.00 bits per heavy atom. The first-order valence-electron chi connectivity index (χ1n) is 6.15. The first kappa shape index (κ1) is 13.8. The summed E-state index contributed by atoms with van der Waals surface area (Å²) in [6.45, 7) is 1.51. The highest BCUT2D eigenvalue weighted by Gasteiger charge is 2.06. The van der Waals surface area contributed by atoms with Crippen LogP contribution in [0.2, 0.25) is 0 Å². The molecular formula is C14H15N3O3. The van der Waals surface area contributed by atoms with E-state index in [4.69, 9.17) is 5.11 Å². The number of hydrogen-bond acceptors (Lipinski definition) is 4. The van der Waals surface area contributed by atoms with Crippen molar-refractivity contribution in [1.82, 2.24) is 10.3 Å². The largest absolute Gasteiger partial charge is 0.480 e. The Balaban J connectivity index is 2.09. The highest BCUT2D eigenvalue weighted by atomic mass is 16.4. The lowest BCUT2D eigenvalue weighted by Crippen LogP contribution is -2.33. The summed E-state index contributed by atoms with van der Waals surface area (Å²) in [7, 11) is 0. The molecule has 0 bridgehead atoms. The van der Waals surface area contributed by atoms with E-state index in [1.807, 2.05) is 37.3 Å². The van der Waals surface area contributed by atoms with Gasteiger partial charge in [0.1, 0.15) is 6.54 Å². The minimum Gasteiger partial charge on any atom is -0.480 e. The van der Waals surface area contributed by atoms with E-state index in [1.54, 1.807) is 0 Å². The monoisotopic (exact) mass is 273 g/mol. The number of hydrogen-bond donors (Lipinski definition) is 3. The third-order valence-corrected chi connectivity index (χ3v) is 2.72. The molecule has 0 aliphatic heterocycles. The topological polar surface area (TPSA) is 91.3 Å². The van der Waals surface area contributed by atoms with E-state index >= 15 is 0 Å². The van der Waals surface area contributed by atoms with Gasteiger partial charge in [0.25, 0.3) is 0 Å². The predicted octanol–water partition coefficient (Wildman–Crippen LogP) is 1.16. The van der Waals surface area contributed by atoms with Crippen molar-refractivity contribution in [2.24, 2.45) is 0 Å². The fourth-order valence-corrected chi connectivity index (χ4v) is 1.87. The molecular weight excluding hydrogens is 258 g/mol. The van der Waals surface area contributed by atoms with Crippen LogP contribution >= 0.6 is 0 Å². The van der Waals surface area contributed by atoms with Crippen LogP contribution in [-0.2, 0) is 9.59 Å². The number of anilines is 1. The van der Waals surface area contributed by atoms with Crippen molar-refractivity contribution in [2.75, 3.05) is 18.4 Å². The Kier molecular flexibility index (Phi) is 4.14. The van der Waals surface area contributed by atoms with Crippen LogP contribution in [0.3, 0.4) is 0 Å². The van der Waals surface area contributed by atoms with E-state index in [0.29, 0.717) is 0 Å². The molecule has 1 aromatic heterocycles. The zero-order chi connectivity index (χ0) is 14.5. The van der Waals surface area contributed by atoms with Crippen LogP contribution in [0, 0.1) is 6.92 Å². The maximum absolute atomic E-state index is 11.5. The molecule has 0 unspecified atom stereocenters. The average Bonchev–Trinajstić information content (AvgIpc) is 2.42. The van der Waals surface area contributed by atoms with Gasteiger partial charge >= 0.3 is 5.97 Å². The summed E-state index contributed by atoms with van der Waals surface area (Å²) in [5, 5.41) is 14.7. The van der Waals surface area contributed by atoms with Gasteiger partial charge in [0.05, 0.1) is 12.1 Å². The number of pyridine rings is 1. The number of para-hydroxylation sites is 1. The van der Waals surface area contributed by atoms with Crippen LogP contribution in [0.4, 0.5) is 5.69 Å². The Hall–Kier alpha value is -2.63. The second kappa shape index (κ2) is 6.01. The van der Waals surface area contributed by atoms with Crippen LogP contribution < -0.4 is 10.6 Å². The Morgan fingerprint density at radius 1 is 1.25 bits per heavy atom. The summed E-state index contributed by atoms with van der Waals surface area (Å²) in [6.07, 6.45) is 0. The number of nitrogens with zero attached hydrogens (tertiary/aromatic N) is 1. The SMILES string of the molecule is Cc1cc(NCC(=O)NCC(=O)O)c2ccccc2n1. The van der Waals surface area contributed by atoms with Gasteiger partial charge in [0, 0.05) is 16.8 Å². The predicted molar refractivity (Wildman–Crippen MR) is 75.6 cm³/mol. The number of aliphatic carboxylic acids is 1. The number of aryl methyl sites for hydroxylation is 1. The third-order valence-electron chi connectivity index (χ3n) is 2.72. The number of aromatic nitrogens is 1. The number of amides is 1. The van der Waals surface area contributed by atoms with Gasteiger partial charge in [-0.25, -0.2) is 0 Å². The third kappa shape index (κ3) is 3.44. The summed E-state index contributed by atoms with van der Waals surface area (Å²) in [5.41, 5.74) is 2.50. The van der Waals surface area contributed by atoms with E-state index in [9.17, 15) is 9.59 Å². The van der Waals surface area contributed by atoms with Gasteiger partial charge in [-0.15, -0.1) is 0 Å². The molecule has 3 N–H and O–H groups in total. The number of carbonyl (C=O) groups excluding carboxylic acids is 1. The molecule has 20 heavy (non-hydrogen) atoms. The maximum atomic E-state index is 11.5. The number of rotatable bonds is 5. The van der Waals surface area contributed by atoms with Gasteiger partial charge in [0.15, 0.2) is 0 Å². The molecule has 1 amide bonds. The Morgan fingerprint density at radius 3 is 2.75 bits per heavy atom. The molecule has 1 heterocycles.